The van der Waals surface area contributed by atoms with Gasteiger partial charge in [-0.05, 0) is 61.4 Å². The molecule has 0 saturated carbocycles. The standard InChI is InChI=1S/C24H22ClF3N2O4S/c1-2-34-22-13-12-19(15-20(22)25)35(32,33)30-21(14-16-6-4-3-5-7-16)23(31)29-18-10-8-17(9-11-18)24(26,27)28/h3-13,15,21,30H,2,14H2,1H3,(H,29,31)/t21-/m1/s1. The Labute approximate surface area is 206 Å². The van der Waals surface area contributed by atoms with Crippen LogP contribution in [0.25, 0.3) is 0 Å². The van der Waals surface area contributed by atoms with Crippen LogP contribution in [0.3, 0.4) is 0 Å². The second kappa shape index (κ2) is 11.1. The van der Waals surface area contributed by atoms with Crippen molar-refractivity contribution in [1.82, 2.24) is 4.72 Å². The van der Waals surface area contributed by atoms with Crippen LogP contribution in [0.2, 0.25) is 5.02 Å². The van der Waals surface area contributed by atoms with E-state index in [1.54, 1.807) is 37.3 Å². The van der Waals surface area contributed by atoms with Crippen LogP contribution in [0.5, 0.6) is 5.75 Å². The number of halogens is 4. The number of hydrogen-bond acceptors (Lipinski definition) is 4. The van der Waals surface area contributed by atoms with Crippen molar-refractivity contribution in [3.63, 3.8) is 0 Å². The van der Waals surface area contributed by atoms with Crippen molar-refractivity contribution in [1.29, 1.82) is 0 Å². The quantitative estimate of drug-likeness (QED) is 0.397. The van der Waals surface area contributed by atoms with E-state index in [1.165, 1.54) is 18.2 Å². The number of amides is 1. The maximum absolute atomic E-state index is 13.1. The number of rotatable bonds is 9. The molecule has 3 aromatic carbocycles. The van der Waals surface area contributed by atoms with Gasteiger partial charge in [-0.1, -0.05) is 41.9 Å². The fraction of sp³-hybridized carbons (Fsp3) is 0.208. The Hall–Kier alpha value is -3.08. The van der Waals surface area contributed by atoms with Gasteiger partial charge in [0, 0.05) is 5.69 Å². The van der Waals surface area contributed by atoms with Gasteiger partial charge in [-0.25, -0.2) is 8.42 Å². The minimum Gasteiger partial charge on any atom is -0.492 e. The highest BCUT2D eigenvalue weighted by molar-refractivity contribution is 7.89. The van der Waals surface area contributed by atoms with Crippen molar-refractivity contribution in [2.45, 2.75) is 30.5 Å². The number of hydrogen-bond donors (Lipinski definition) is 2. The van der Waals surface area contributed by atoms with Crippen molar-refractivity contribution in [2.75, 3.05) is 11.9 Å². The second-order valence-electron chi connectivity index (χ2n) is 7.45. The summed E-state index contributed by atoms with van der Waals surface area (Å²) in [6.07, 6.45) is -4.52. The smallest absolute Gasteiger partial charge is 0.416 e. The Morgan fingerprint density at radius 2 is 1.69 bits per heavy atom. The maximum Gasteiger partial charge on any atom is 0.416 e. The zero-order valence-corrected chi connectivity index (χ0v) is 20.0. The molecule has 1 atom stereocenters. The van der Waals surface area contributed by atoms with Crippen molar-refractivity contribution in [3.05, 3.63) is 88.9 Å². The molecule has 0 bridgehead atoms. The molecule has 0 saturated heterocycles. The Kier molecular flexibility index (Phi) is 8.42. The lowest BCUT2D eigenvalue weighted by atomic mass is 10.1. The van der Waals surface area contributed by atoms with Gasteiger partial charge in [0.15, 0.2) is 0 Å². The zero-order chi connectivity index (χ0) is 25.6. The first-order valence-electron chi connectivity index (χ1n) is 10.5. The molecular formula is C24H22ClF3N2O4S. The fourth-order valence-corrected chi connectivity index (χ4v) is 4.71. The number of nitrogens with one attached hydrogen (secondary N) is 2. The zero-order valence-electron chi connectivity index (χ0n) is 18.5. The first kappa shape index (κ1) is 26.5. The van der Waals surface area contributed by atoms with E-state index in [2.05, 4.69) is 10.0 Å². The third-order valence-corrected chi connectivity index (χ3v) is 6.65. The molecule has 0 aromatic heterocycles. The second-order valence-corrected chi connectivity index (χ2v) is 9.57. The lowest BCUT2D eigenvalue weighted by Crippen LogP contribution is -2.45. The maximum atomic E-state index is 13.1. The van der Waals surface area contributed by atoms with Crippen LogP contribution >= 0.6 is 11.6 Å². The highest BCUT2D eigenvalue weighted by Crippen LogP contribution is 2.30. The number of sulfonamides is 1. The molecule has 0 aliphatic carbocycles. The van der Waals surface area contributed by atoms with Gasteiger partial charge in [-0.15, -0.1) is 0 Å². The molecule has 1 amide bonds. The average molecular weight is 527 g/mol. The summed E-state index contributed by atoms with van der Waals surface area (Å²) >= 11 is 6.12. The fourth-order valence-electron chi connectivity index (χ4n) is 3.19. The van der Waals surface area contributed by atoms with E-state index >= 15 is 0 Å². The number of benzene rings is 3. The van der Waals surface area contributed by atoms with Crippen LogP contribution in [-0.2, 0) is 27.4 Å². The predicted octanol–water partition coefficient (Wildman–Crippen LogP) is 5.29. The third-order valence-electron chi connectivity index (χ3n) is 4.89. The highest BCUT2D eigenvalue weighted by atomic mass is 35.5. The largest absolute Gasteiger partial charge is 0.492 e. The number of carbonyl (C=O) groups is 1. The molecule has 2 N–H and O–H groups in total. The van der Waals surface area contributed by atoms with Crippen molar-refractivity contribution < 1.29 is 31.1 Å². The summed E-state index contributed by atoms with van der Waals surface area (Å²) in [5, 5.41) is 2.56. The van der Waals surface area contributed by atoms with Crippen LogP contribution < -0.4 is 14.8 Å². The van der Waals surface area contributed by atoms with Crippen molar-refractivity contribution in [2.24, 2.45) is 0 Å². The predicted molar refractivity (Wildman–Crippen MR) is 127 cm³/mol. The van der Waals surface area contributed by atoms with Crippen LogP contribution in [0.15, 0.2) is 77.7 Å². The monoisotopic (exact) mass is 526 g/mol. The van der Waals surface area contributed by atoms with E-state index in [-0.39, 0.29) is 22.0 Å². The van der Waals surface area contributed by atoms with Crippen molar-refractivity contribution >= 4 is 33.2 Å². The Morgan fingerprint density at radius 1 is 1.03 bits per heavy atom. The average Bonchev–Trinajstić information content (AvgIpc) is 2.80. The first-order chi connectivity index (χ1) is 16.5. The van der Waals surface area contributed by atoms with Gasteiger partial charge in [0.1, 0.15) is 11.8 Å². The van der Waals surface area contributed by atoms with E-state index in [1.807, 2.05) is 0 Å². The highest BCUT2D eigenvalue weighted by Gasteiger charge is 2.30. The molecule has 11 heteroatoms. The van der Waals surface area contributed by atoms with Gasteiger partial charge >= 0.3 is 6.18 Å². The Balaban J connectivity index is 1.85. The lowest BCUT2D eigenvalue weighted by Gasteiger charge is -2.19. The van der Waals surface area contributed by atoms with Crippen LogP contribution in [0.4, 0.5) is 18.9 Å². The number of ether oxygens (including phenoxy) is 1. The molecular weight excluding hydrogens is 505 g/mol. The van der Waals surface area contributed by atoms with Gasteiger partial charge in [0.2, 0.25) is 15.9 Å². The van der Waals surface area contributed by atoms with Crippen molar-refractivity contribution in [3.8, 4) is 5.75 Å². The van der Waals surface area contributed by atoms with Gasteiger partial charge < -0.3 is 10.1 Å². The van der Waals surface area contributed by atoms with E-state index in [4.69, 9.17) is 16.3 Å². The summed E-state index contributed by atoms with van der Waals surface area (Å²) in [6, 6.07) is 15.2. The number of alkyl halides is 3. The van der Waals surface area contributed by atoms with Crippen LogP contribution in [-0.4, -0.2) is 27.0 Å². The van der Waals surface area contributed by atoms with Crippen LogP contribution in [0, 0.1) is 0 Å². The van der Waals surface area contributed by atoms with E-state index < -0.39 is 33.7 Å². The Bertz CT molecular complexity index is 1270. The molecule has 0 aliphatic heterocycles. The number of anilines is 1. The summed E-state index contributed by atoms with van der Waals surface area (Å²) in [6.45, 7) is 2.10. The molecule has 35 heavy (non-hydrogen) atoms. The minimum absolute atomic E-state index is 0.00268. The van der Waals surface area contributed by atoms with Gasteiger partial charge in [-0.3, -0.25) is 4.79 Å². The summed E-state index contributed by atoms with van der Waals surface area (Å²) < 4.78 is 72.2. The van der Waals surface area contributed by atoms with E-state index in [9.17, 15) is 26.4 Å². The number of carbonyl (C=O) groups excluding carboxylic acids is 1. The summed E-state index contributed by atoms with van der Waals surface area (Å²) in [7, 11) is -4.20. The summed E-state index contributed by atoms with van der Waals surface area (Å²) in [5.41, 5.74) is -0.110. The first-order valence-corrected chi connectivity index (χ1v) is 12.3. The molecule has 0 spiro atoms. The molecule has 0 aliphatic rings. The molecule has 3 rings (SSSR count). The van der Waals surface area contributed by atoms with Gasteiger partial charge in [0.25, 0.3) is 0 Å². The molecule has 6 nitrogen and oxygen atoms in total. The molecule has 0 radical (unpaired) electrons. The molecule has 0 fully saturated rings. The Morgan fingerprint density at radius 3 is 2.26 bits per heavy atom. The van der Waals surface area contributed by atoms with Crippen LogP contribution in [0.1, 0.15) is 18.1 Å². The van der Waals surface area contributed by atoms with E-state index in [0.29, 0.717) is 17.9 Å². The molecule has 3 aromatic rings. The van der Waals surface area contributed by atoms with Gasteiger partial charge in [-0.2, -0.15) is 17.9 Å². The molecule has 0 heterocycles. The normalized spacial score (nSPS) is 12.7. The summed E-state index contributed by atoms with van der Waals surface area (Å²) in [5.74, 6) is -0.428. The SMILES string of the molecule is CCOc1ccc(S(=O)(=O)N[C@H](Cc2ccccc2)C(=O)Nc2ccc(C(F)(F)F)cc2)cc1Cl. The van der Waals surface area contributed by atoms with Gasteiger partial charge in [0.05, 0.1) is 22.1 Å². The molecule has 0 unspecified atom stereocenters. The minimum atomic E-state index is -4.52. The topological polar surface area (TPSA) is 84.5 Å². The third kappa shape index (κ3) is 7.20. The lowest BCUT2D eigenvalue weighted by molar-refractivity contribution is -0.137. The van der Waals surface area contributed by atoms with E-state index in [0.717, 1.165) is 24.3 Å². The summed E-state index contributed by atoms with van der Waals surface area (Å²) in [4.78, 5) is 12.8. The molecule has 186 valence electrons.